The van der Waals surface area contributed by atoms with E-state index in [1.54, 1.807) is 0 Å². The number of rotatable bonds is 4. The van der Waals surface area contributed by atoms with E-state index in [1.165, 1.54) is 25.7 Å². The lowest BCUT2D eigenvalue weighted by Crippen LogP contribution is -2.58. The highest BCUT2D eigenvalue weighted by Crippen LogP contribution is 2.27. The summed E-state index contributed by atoms with van der Waals surface area (Å²) in [6, 6.07) is 0.784. The summed E-state index contributed by atoms with van der Waals surface area (Å²) in [6.45, 7) is 13.2. The molecule has 3 nitrogen and oxygen atoms in total. The molecular weight excluding hydrogens is 224 g/mol. The van der Waals surface area contributed by atoms with Gasteiger partial charge in [-0.2, -0.15) is 0 Å². The zero-order valence-electron chi connectivity index (χ0n) is 12.6. The van der Waals surface area contributed by atoms with Gasteiger partial charge in [-0.1, -0.05) is 12.8 Å². The Balaban J connectivity index is 1.74. The molecule has 2 rings (SSSR count). The summed E-state index contributed by atoms with van der Waals surface area (Å²) >= 11 is 0. The second kappa shape index (κ2) is 5.48. The van der Waals surface area contributed by atoms with E-state index < -0.39 is 0 Å². The molecule has 0 spiro atoms. The molecule has 1 heterocycles. The van der Waals surface area contributed by atoms with Crippen LogP contribution >= 0.6 is 0 Å². The van der Waals surface area contributed by atoms with Crippen molar-refractivity contribution >= 4 is 0 Å². The van der Waals surface area contributed by atoms with E-state index in [0.717, 1.165) is 32.2 Å². The Morgan fingerprint density at radius 3 is 2.17 bits per heavy atom. The molecule has 1 saturated carbocycles. The molecule has 3 heteroatoms. The lowest BCUT2D eigenvalue weighted by molar-refractivity contribution is -0.180. The van der Waals surface area contributed by atoms with Crippen molar-refractivity contribution in [3.05, 3.63) is 0 Å². The normalized spacial score (nSPS) is 28.7. The van der Waals surface area contributed by atoms with Crippen LogP contribution in [0.5, 0.6) is 0 Å². The molecule has 18 heavy (non-hydrogen) atoms. The average Bonchev–Trinajstić information content (AvgIpc) is 2.65. The van der Waals surface area contributed by atoms with Gasteiger partial charge in [0.2, 0.25) is 0 Å². The lowest BCUT2D eigenvalue weighted by Gasteiger charge is -2.47. The summed E-state index contributed by atoms with van der Waals surface area (Å²) in [6.07, 6.45) is 5.57. The zero-order valence-corrected chi connectivity index (χ0v) is 12.6. The van der Waals surface area contributed by atoms with E-state index in [0.29, 0.717) is 0 Å². The van der Waals surface area contributed by atoms with Crippen LogP contribution in [0.1, 0.15) is 53.4 Å². The first-order chi connectivity index (χ1) is 8.36. The third-order valence-electron chi connectivity index (χ3n) is 3.98. The Kier molecular flexibility index (Phi) is 4.35. The summed E-state index contributed by atoms with van der Waals surface area (Å²) < 4.78 is 6.11. The van der Waals surface area contributed by atoms with Gasteiger partial charge in [-0.3, -0.25) is 4.90 Å². The zero-order chi connectivity index (χ0) is 13.2. The van der Waals surface area contributed by atoms with Crippen molar-refractivity contribution in [1.29, 1.82) is 0 Å². The van der Waals surface area contributed by atoms with E-state index in [9.17, 15) is 0 Å². The maximum absolute atomic E-state index is 6.11. The van der Waals surface area contributed by atoms with Crippen LogP contribution in [0.2, 0.25) is 0 Å². The summed E-state index contributed by atoms with van der Waals surface area (Å²) in [5.74, 6) is 0. The fraction of sp³-hybridized carbons (Fsp3) is 1.00. The van der Waals surface area contributed by atoms with Crippen LogP contribution in [0.25, 0.3) is 0 Å². The van der Waals surface area contributed by atoms with Crippen molar-refractivity contribution in [3.8, 4) is 0 Å². The monoisotopic (exact) mass is 254 g/mol. The molecule has 1 N–H and O–H groups in total. The molecule has 0 amide bonds. The van der Waals surface area contributed by atoms with Gasteiger partial charge in [0.1, 0.15) is 0 Å². The van der Waals surface area contributed by atoms with Crippen molar-refractivity contribution < 1.29 is 4.74 Å². The van der Waals surface area contributed by atoms with Gasteiger partial charge in [-0.15, -0.1) is 0 Å². The second-order valence-corrected chi connectivity index (χ2v) is 7.27. The van der Waals surface area contributed by atoms with E-state index in [4.69, 9.17) is 4.74 Å². The number of nitrogens with one attached hydrogen (secondary N) is 1. The molecule has 2 aliphatic rings. The number of ether oxygens (including phenoxy) is 1. The summed E-state index contributed by atoms with van der Waals surface area (Å²) in [7, 11) is 0. The highest BCUT2D eigenvalue weighted by atomic mass is 16.5. The van der Waals surface area contributed by atoms with Crippen LogP contribution in [0.4, 0.5) is 0 Å². The van der Waals surface area contributed by atoms with Crippen LogP contribution in [0.3, 0.4) is 0 Å². The number of morpholine rings is 1. The van der Waals surface area contributed by atoms with Gasteiger partial charge in [0.15, 0.2) is 0 Å². The topological polar surface area (TPSA) is 24.5 Å². The Hall–Kier alpha value is -0.120. The molecule has 1 saturated heterocycles. The fourth-order valence-electron chi connectivity index (χ4n) is 3.66. The van der Waals surface area contributed by atoms with Gasteiger partial charge in [0.05, 0.1) is 11.2 Å². The summed E-state index contributed by atoms with van der Waals surface area (Å²) in [5, 5.41) is 3.70. The first-order valence-corrected chi connectivity index (χ1v) is 7.52. The van der Waals surface area contributed by atoms with Crippen LogP contribution in [0, 0.1) is 0 Å². The quantitative estimate of drug-likeness (QED) is 0.834. The molecule has 0 radical (unpaired) electrons. The number of hydrogen-bond donors (Lipinski definition) is 1. The lowest BCUT2D eigenvalue weighted by atomic mass is 9.99. The van der Waals surface area contributed by atoms with Crippen LogP contribution in [-0.4, -0.2) is 48.3 Å². The van der Waals surface area contributed by atoms with E-state index >= 15 is 0 Å². The highest BCUT2D eigenvalue weighted by Gasteiger charge is 2.37. The molecule has 0 aromatic heterocycles. The van der Waals surface area contributed by atoms with Gasteiger partial charge in [0, 0.05) is 32.2 Å². The number of hydrogen-bond acceptors (Lipinski definition) is 3. The molecule has 0 aromatic carbocycles. The minimum absolute atomic E-state index is 0.0187. The van der Waals surface area contributed by atoms with Crippen LogP contribution in [0.15, 0.2) is 0 Å². The minimum atomic E-state index is -0.0187. The van der Waals surface area contributed by atoms with E-state index in [1.807, 2.05) is 0 Å². The summed E-state index contributed by atoms with van der Waals surface area (Å²) in [4.78, 5) is 2.55. The Morgan fingerprint density at radius 2 is 1.61 bits per heavy atom. The highest BCUT2D eigenvalue weighted by molar-refractivity contribution is 4.89. The Labute approximate surface area is 112 Å². The SMILES string of the molecule is CC1(C)CN(CCNC2CCCC2)CC(C)(C)O1. The third kappa shape index (κ3) is 4.22. The molecule has 106 valence electrons. The van der Waals surface area contributed by atoms with Gasteiger partial charge in [0.25, 0.3) is 0 Å². The average molecular weight is 254 g/mol. The van der Waals surface area contributed by atoms with Crippen molar-refractivity contribution in [3.63, 3.8) is 0 Å². The summed E-state index contributed by atoms with van der Waals surface area (Å²) in [5.41, 5.74) is -0.0375. The maximum atomic E-state index is 6.11. The third-order valence-corrected chi connectivity index (χ3v) is 3.98. The van der Waals surface area contributed by atoms with Gasteiger partial charge < -0.3 is 10.1 Å². The molecule has 0 atom stereocenters. The Bertz CT molecular complexity index is 254. The minimum Gasteiger partial charge on any atom is -0.367 e. The Morgan fingerprint density at radius 1 is 1.06 bits per heavy atom. The van der Waals surface area contributed by atoms with Crippen molar-refractivity contribution in [2.75, 3.05) is 26.2 Å². The fourth-order valence-corrected chi connectivity index (χ4v) is 3.66. The van der Waals surface area contributed by atoms with Gasteiger partial charge >= 0.3 is 0 Å². The van der Waals surface area contributed by atoms with E-state index in [2.05, 4.69) is 37.9 Å². The first kappa shape index (κ1) is 14.3. The second-order valence-electron chi connectivity index (χ2n) is 7.27. The van der Waals surface area contributed by atoms with Crippen molar-refractivity contribution in [2.45, 2.75) is 70.6 Å². The largest absolute Gasteiger partial charge is 0.367 e. The smallest absolute Gasteiger partial charge is 0.0760 e. The van der Waals surface area contributed by atoms with Crippen molar-refractivity contribution in [1.82, 2.24) is 10.2 Å². The molecule has 0 unspecified atom stereocenters. The van der Waals surface area contributed by atoms with Crippen molar-refractivity contribution in [2.24, 2.45) is 0 Å². The number of nitrogens with zero attached hydrogens (tertiary/aromatic N) is 1. The van der Waals surface area contributed by atoms with Gasteiger partial charge in [-0.05, 0) is 40.5 Å². The standard InChI is InChI=1S/C15H30N2O/c1-14(2)11-17(12-15(3,4)18-14)10-9-16-13-7-5-6-8-13/h13,16H,5-12H2,1-4H3. The van der Waals surface area contributed by atoms with Crippen LogP contribution in [-0.2, 0) is 4.74 Å². The molecule has 0 bridgehead atoms. The van der Waals surface area contributed by atoms with Gasteiger partial charge in [-0.25, -0.2) is 0 Å². The molecule has 0 aromatic rings. The first-order valence-electron chi connectivity index (χ1n) is 7.52. The molecule has 2 fully saturated rings. The molecular formula is C15H30N2O. The molecule has 1 aliphatic heterocycles. The predicted molar refractivity (Wildman–Crippen MR) is 75.9 cm³/mol. The van der Waals surface area contributed by atoms with E-state index in [-0.39, 0.29) is 11.2 Å². The van der Waals surface area contributed by atoms with Crippen LogP contribution < -0.4 is 5.32 Å². The predicted octanol–water partition coefficient (Wildman–Crippen LogP) is 2.41. The molecule has 1 aliphatic carbocycles. The maximum Gasteiger partial charge on any atom is 0.0760 e.